The van der Waals surface area contributed by atoms with Gasteiger partial charge in [-0.1, -0.05) is 6.92 Å². The van der Waals surface area contributed by atoms with Crippen molar-refractivity contribution in [2.45, 2.75) is 38.5 Å². The fourth-order valence-electron chi connectivity index (χ4n) is 3.01. The monoisotopic (exact) mass is 189 g/mol. The van der Waals surface area contributed by atoms with Crippen molar-refractivity contribution >= 4 is 0 Å². The molecule has 13 heavy (non-hydrogen) atoms. The van der Waals surface area contributed by atoms with Crippen LogP contribution in [0.2, 0.25) is 0 Å². The molecule has 3 heteroatoms. The van der Waals surface area contributed by atoms with Crippen LogP contribution >= 0.6 is 0 Å². The van der Waals surface area contributed by atoms with Gasteiger partial charge in [0.1, 0.15) is 0 Å². The smallest absolute Gasteiger partial charge is 0.257 e. The molecule has 2 fully saturated rings. The number of hydrogen-bond donors (Lipinski definition) is 1. The number of rotatable bonds is 1. The van der Waals surface area contributed by atoms with E-state index in [1.165, 1.54) is 0 Å². The Morgan fingerprint density at radius 1 is 1.31 bits per heavy atom. The van der Waals surface area contributed by atoms with E-state index < -0.39 is 11.3 Å². The van der Waals surface area contributed by atoms with Gasteiger partial charge in [-0.05, 0) is 38.8 Å². The van der Waals surface area contributed by atoms with Crippen molar-refractivity contribution in [3.63, 3.8) is 0 Å². The van der Waals surface area contributed by atoms with Crippen molar-refractivity contribution in [1.82, 2.24) is 5.32 Å². The third-order valence-electron chi connectivity index (χ3n) is 3.82. The molecular formula is C10H17F2N. The summed E-state index contributed by atoms with van der Waals surface area (Å²) in [4.78, 5) is 0. The van der Waals surface area contributed by atoms with Crippen LogP contribution in [-0.2, 0) is 0 Å². The summed E-state index contributed by atoms with van der Waals surface area (Å²) in [5.74, 6) is -2.70. The molecule has 1 nitrogen and oxygen atoms in total. The molecule has 2 atom stereocenters. The molecular weight excluding hydrogens is 172 g/mol. The molecule has 1 aliphatic heterocycles. The van der Waals surface area contributed by atoms with Gasteiger partial charge in [-0.15, -0.1) is 0 Å². The van der Waals surface area contributed by atoms with E-state index in [9.17, 15) is 8.78 Å². The average molecular weight is 189 g/mol. The van der Waals surface area contributed by atoms with Gasteiger partial charge in [0.2, 0.25) is 0 Å². The van der Waals surface area contributed by atoms with Crippen LogP contribution in [0.25, 0.3) is 0 Å². The quantitative estimate of drug-likeness (QED) is 0.668. The molecule has 0 aromatic heterocycles. The molecule has 2 rings (SSSR count). The van der Waals surface area contributed by atoms with Crippen molar-refractivity contribution in [2.24, 2.45) is 11.3 Å². The van der Waals surface area contributed by atoms with Crippen molar-refractivity contribution < 1.29 is 8.78 Å². The van der Waals surface area contributed by atoms with Gasteiger partial charge in [-0.25, -0.2) is 8.78 Å². The second-order valence-electron chi connectivity index (χ2n) is 4.34. The van der Waals surface area contributed by atoms with Crippen LogP contribution in [0, 0.1) is 11.3 Å². The Hall–Kier alpha value is -0.180. The Bertz CT molecular complexity index is 195. The van der Waals surface area contributed by atoms with Crippen LogP contribution in [0.3, 0.4) is 0 Å². The molecule has 1 saturated heterocycles. The van der Waals surface area contributed by atoms with E-state index in [-0.39, 0.29) is 5.92 Å². The summed E-state index contributed by atoms with van der Waals surface area (Å²) in [6.07, 6.45) is 2.92. The Balaban J connectivity index is 2.12. The molecule has 1 aliphatic carbocycles. The summed E-state index contributed by atoms with van der Waals surface area (Å²) in [7, 11) is 0. The largest absolute Gasteiger partial charge is 0.317 e. The van der Waals surface area contributed by atoms with E-state index >= 15 is 0 Å². The third-order valence-corrected chi connectivity index (χ3v) is 3.82. The lowest BCUT2D eigenvalue weighted by Crippen LogP contribution is -2.16. The lowest BCUT2D eigenvalue weighted by molar-refractivity contribution is 0.0525. The van der Waals surface area contributed by atoms with Crippen molar-refractivity contribution in [3.05, 3.63) is 0 Å². The molecule has 0 radical (unpaired) electrons. The SMILES string of the molecule is CCC1C(F)(F)C12CCCNCC2. The Morgan fingerprint density at radius 2 is 2.08 bits per heavy atom. The van der Waals surface area contributed by atoms with E-state index in [1.54, 1.807) is 0 Å². The second kappa shape index (κ2) is 2.91. The van der Waals surface area contributed by atoms with Gasteiger partial charge in [0, 0.05) is 11.3 Å². The highest BCUT2D eigenvalue weighted by Crippen LogP contribution is 2.71. The molecule has 1 heterocycles. The first-order valence-electron chi connectivity index (χ1n) is 5.23. The first kappa shape index (κ1) is 9.38. The standard InChI is InChI=1S/C10H17F2N/c1-2-8-9(10(8,11)12)4-3-6-13-7-5-9/h8,13H,2-7H2,1H3. The summed E-state index contributed by atoms with van der Waals surface area (Å²) in [5.41, 5.74) is -0.620. The first-order valence-corrected chi connectivity index (χ1v) is 5.23. The Kier molecular flexibility index (Phi) is 2.10. The number of halogens is 2. The van der Waals surface area contributed by atoms with E-state index in [4.69, 9.17) is 0 Å². The highest BCUT2D eigenvalue weighted by molar-refractivity contribution is 5.17. The normalized spacial score (nSPS) is 43.2. The van der Waals surface area contributed by atoms with Gasteiger partial charge < -0.3 is 5.32 Å². The molecule has 76 valence electrons. The van der Waals surface area contributed by atoms with Crippen LogP contribution in [0.1, 0.15) is 32.6 Å². The predicted octanol–water partition coefficient (Wildman–Crippen LogP) is 2.42. The van der Waals surface area contributed by atoms with Gasteiger partial charge in [0.15, 0.2) is 0 Å². The second-order valence-corrected chi connectivity index (χ2v) is 4.34. The van der Waals surface area contributed by atoms with Crippen LogP contribution < -0.4 is 5.32 Å². The average Bonchev–Trinajstić information content (AvgIpc) is 2.66. The molecule has 0 bridgehead atoms. The minimum Gasteiger partial charge on any atom is -0.317 e. The molecule has 1 spiro atoms. The summed E-state index contributed by atoms with van der Waals surface area (Å²) in [6, 6.07) is 0. The fraction of sp³-hybridized carbons (Fsp3) is 1.00. The topological polar surface area (TPSA) is 12.0 Å². The molecule has 2 unspecified atom stereocenters. The van der Waals surface area contributed by atoms with Gasteiger partial charge >= 0.3 is 0 Å². The lowest BCUT2D eigenvalue weighted by Gasteiger charge is -2.11. The first-order chi connectivity index (χ1) is 6.15. The summed E-state index contributed by atoms with van der Waals surface area (Å²) >= 11 is 0. The summed E-state index contributed by atoms with van der Waals surface area (Å²) < 4.78 is 27.0. The van der Waals surface area contributed by atoms with E-state index in [0.29, 0.717) is 19.3 Å². The third kappa shape index (κ3) is 1.13. The fourth-order valence-corrected chi connectivity index (χ4v) is 3.01. The Labute approximate surface area is 77.9 Å². The maximum atomic E-state index is 13.5. The van der Waals surface area contributed by atoms with Crippen LogP contribution in [-0.4, -0.2) is 19.0 Å². The highest BCUT2D eigenvalue weighted by Gasteiger charge is 2.77. The number of nitrogens with one attached hydrogen (secondary N) is 1. The van der Waals surface area contributed by atoms with Gasteiger partial charge in [-0.3, -0.25) is 0 Å². The van der Waals surface area contributed by atoms with Crippen LogP contribution in [0.4, 0.5) is 8.78 Å². The van der Waals surface area contributed by atoms with Crippen molar-refractivity contribution in [3.8, 4) is 0 Å². The number of alkyl halides is 2. The van der Waals surface area contributed by atoms with Crippen molar-refractivity contribution in [1.29, 1.82) is 0 Å². The van der Waals surface area contributed by atoms with Gasteiger partial charge in [0.05, 0.1) is 0 Å². The van der Waals surface area contributed by atoms with Crippen molar-refractivity contribution in [2.75, 3.05) is 13.1 Å². The van der Waals surface area contributed by atoms with E-state index in [2.05, 4.69) is 5.32 Å². The van der Waals surface area contributed by atoms with Crippen LogP contribution in [0.5, 0.6) is 0 Å². The summed E-state index contributed by atoms with van der Waals surface area (Å²) in [6.45, 7) is 3.56. The maximum Gasteiger partial charge on any atom is 0.257 e. The zero-order valence-electron chi connectivity index (χ0n) is 8.08. The minimum atomic E-state index is -2.37. The van der Waals surface area contributed by atoms with E-state index in [0.717, 1.165) is 19.5 Å². The zero-order valence-corrected chi connectivity index (χ0v) is 8.08. The summed E-state index contributed by atoms with van der Waals surface area (Å²) in [5, 5.41) is 3.19. The highest BCUT2D eigenvalue weighted by atomic mass is 19.3. The zero-order chi connectivity index (χ0) is 9.53. The lowest BCUT2D eigenvalue weighted by atomic mass is 9.93. The molecule has 0 aromatic carbocycles. The molecule has 0 aromatic rings. The number of hydrogen-bond acceptors (Lipinski definition) is 1. The molecule has 1 saturated carbocycles. The predicted molar refractivity (Wildman–Crippen MR) is 47.9 cm³/mol. The minimum absolute atomic E-state index is 0.333. The van der Waals surface area contributed by atoms with Gasteiger partial charge in [-0.2, -0.15) is 0 Å². The molecule has 2 aliphatic rings. The Morgan fingerprint density at radius 3 is 2.69 bits per heavy atom. The maximum absolute atomic E-state index is 13.5. The van der Waals surface area contributed by atoms with Crippen LogP contribution in [0.15, 0.2) is 0 Å². The molecule has 1 N–H and O–H groups in total. The van der Waals surface area contributed by atoms with Gasteiger partial charge in [0.25, 0.3) is 5.92 Å². The molecule has 0 amide bonds. The van der Waals surface area contributed by atoms with E-state index in [1.807, 2.05) is 6.92 Å².